The SMILES string of the molecule is CC(C)[C@@H](C)NCC(=O)N1c2ccccc2NC(=O)C[C@@H]1C(F)(F)F. The Hall–Kier alpha value is -2.09. The molecule has 1 aromatic carbocycles. The molecule has 0 aromatic heterocycles. The summed E-state index contributed by atoms with van der Waals surface area (Å²) in [5, 5.41) is 5.39. The van der Waals surface area contributed by atoms with Crippen LogP contribution in [0.3, 0.4) is 0 Å². The molecule has 0 saturated carbocycles. The van der Waals surface area contributed by atoms with Crippen molar-refractivity contribution in [3.8, 4) is 0 Å². The summed E-state index contributed by atoms with van der Waals surface area (Å²) in [6.45, 7) is 5.52. The van der Waals surface area contributed by atoms with Crippen molar-refractivity contribution in [3.05, 3.63) is 24.3 Å². The van der Waals surface area contributed by atoms with Crippen LogP contribution in [0.4, 0.5) is 24.5 Å². The van der Waals surface area contributed by atoms with E-state index in [2.05, 4.69) is 10.6 Å². The molecular formula is C17H22F3N3O2. The minimum Gasteiger partial charge on any atom is -0.324 e. The number of carbonyl (C=O) groups is 2. The lowest BCUT2D eigenvalue weighted by atomic mass is 10.1. The summed E-state index contributed by atoms with van der Waals surface area (Å²) in [7, 11) is 0. The number of nitrogens with one attached hydrogen (secondary N) is 2. The van der Waals surface area contributed by atoms with Gasteiger partial charge >= 0.3 is 6.18 Å². The normalized spacial score (nSPS) is 19.2. The van der Waals surface area contributed by atoms with Crippen LogP contribution in [0, 0.1) is 5.92 Å². The zero-order chi connectivity index (χ0) is 18.8. The Labute approximate surface area is 144 Å². The third-order valence-electron chi connectivity index (χ3n) is 4.35. The van der Waals surface area contributed by atoms with Gasteiger partial charge < -0.3 is 10.6 Å². The highest BCUT2D eigenvalue weighted by atomic mass is 19.4. The van der Waals surface area contributed by atoms with E-state index in [0.717, 1.165) is 0 Å². The Morgan fingerprint density at radius 3 is 2.56 bits per heavy atom. The molecule has 2 N–H and O–H groups in total. The predicted octanol–water partition coefficient (Wildman–Crippen LogP) is 2.93. The van der Waals surface area contributed by atoms with Gasteiger partial charge in [-0.05, 0) is 25.0 Å². The largest absolute Gasteiger partial charge is 0.409 e. The summed E-state index contributed by atoms with van der Waals surface area (Å²) >= 11 is 0. The van der Waals surface area contributed by atoms with Crippen molar-refractivity contribution in [2.24, 2.45) is 5.92 Å². The molecule has 0 bridgehead atoms. The molecule has 0 spiro atoms. The van der Waals surface area contributed by atoms with Crippen LogP contribution in [0.1, 0.15) is 27.2 Å². The number of alkyl halides is 3. The van der Waals surface area contributed by atoms with Crippen LogP contribution in [0.5, 0.6) is 0 Å². The molecular weight excluding hydrogens is 335 g/mol. The number of hydrogen-bond donors (Lipinski definition) is 2. The Bertz CT molecular complexity index is 646. The quantitative estimate of drug-likeness (QED) is 0.871. The molecule has 138 valence electrons. The zero-order valence-electron chi connectivity index (χ0n) is 14.4. The topological polar surface area (TPSA) is 61.4 Å². The maximum absolute atomic E-state index is 13.5. The van der Waals surface area contributed by atoms with Crippen LogP contribution in [-0.2, 0) is 9.59 Å². The molecule has 1 aromatic rings. The summed E-state index contributed by atoms with van der Waals surface area (Å²) in [5.41, 5.74) is 0.254. The molecule has 0 unspecified atom stereocenters. The fourth-order valence-corrected chi connectivity index (χ4v) is 2.56. The first-order valence-corrected chi connectivity index (χ1v) is 8.12. The molecule has 1 aliphatic heterocycles. The minimum atomic E-state index is -4.71. The van der Waals surface area contributed by atoms with E-state index in [1.54, 1.807) is 6.07 Å². The van der Waals surface area contributed by atoms with E-state index in [1.165, 1.54) is 18.2 Å². The number of halogens is 3. The van der Waals surface area contributed by atoms with Crippen molar-refractivity contribution in [1.82, 2.24) is 5.32 Å². The lowest BCUT2D eigenvalue weighted by Gasteiger charge is -2.32. The van der Waals surface area contributed by atoms with Crippen LogP contribution < -0.4 is 15.5 Å². The average molecular weight is 357 g/mol. The molecule has 2 rings (SSSR count). The molecule has 5 nitrogen and oxygen atoms in total. The van der Waals surface area contributed by atoms with Gasteiger partial charge in [0, 0.05) is 6.04 Å². The molecule has 0 radical (unpaired) electrons. The number of nitrogens with zero attached hydrogens (tertiary/aromatic N) is 1. The molecule has 0 fully saturated rings. The Morgan fingerprint density at radius 1 is 1.32 bits per heavy atom. The Kier molecular flexibility index (Phi) is 5.72. The van der Waals surface area contributed by atoms with Crippen LogP contribution in [0.15, 0.2) is 24.3 Å². The molecule has 8 heteroatoms. The van der Waals surface area contributed by atoms with Crippen molar-refractivity contribution in [2.45, 2.75) is 45.5 Å². The fraction of sp³-hybridized carbons (Fsp3) is 0.529. The van der Waals surface area contributed by atoms with Gasteiger partial charge in [-0.25, -0.2) is 0 Å². The number of amides is 2. The highest BCUT2D eigenvalue weighted by Crippen LogP contribution is 2.37. The molecule has 25 heavy (non-hydrogen) atoms. The number of anilines is 2. The van der Waals surface area contributed by atoms with Gasteiger partial charge in [-0.2, -0.15) is 13.2 Å². The molecule has 2 amide bonds. The van der Waals surface area contributed by atoms with Gasteiger partial charge in [0.15, 0.2) is 0 Å². The fourth-order valence-electron chi connectivity index (χ4n) is 2.56. The van der Waals surface area contributed by atoms with Gasteiger partial charge in [-0.1, -0.05) is 26.0 Å². The standard InChI is InChI=1S/C17H22F3N3O2/c1-10(2)11(3)21-9-16(25)23-13-7-5-4-6-12(13)22-15(24)8-14(23)17(18,19)20/h4-7,10-11,14,21H,8-9H2,1-3H3,(H,22,24)/t11-,14-/m1/s1. The van der Waals surface area contributed by atoms with Crippen molar-refractivity contribution in [3.63, 3.8) is 0 Å². The van der Waals surface area contributed by atoms with Gasteiger partial charge in [-0.15, -0.1) is 0 Å². The summed E-state index contributed by atoms with van der Waals surface area (Å²) < 4.78 is 40.6. The second-order valence-corrected chi connectivity index (χ2v) is 6.50. The number of hydrogen-bond acceptors (Lipinski definition) is 3. The van der Waals surface area contributed by atoms with E-state index in [4.69, 9.17) is 0 Å². The number of benzene rings is 1. The van der Waals surface area contributed by atoms with Crippen molar-refractivity contribution in [1.29, 1.82) is 0 Å². The smallest absolute Gasteiger partial charge is 0.324 e. The van der Waals surface area contributed by atoms with E-state index in [1.807, 2.05) is 20.8 Å². The van der Waals surface area contributed by atoms with Crippen LogP contribution in [0.25, 0.3) is 0 Å². The number of para-hydroxylation sites is 2. The highest BCUT2D eigenvalue weighted by molar-refractivity contribution is 6.05. The summed E-state index contributed by atoms with van der Waals surface area (Å²) in [5.74, 6) is -1.27. The Morgan fingerprint density at radius 2 is 1.96 bits per heavy atom. The minimum absolute atomic E-state index is 0.0322. The van der Waals surface area contributed by atoms with E-state index < -0.39 is 30.5 Å². The summed E-state index contributed by atoms with van der Waals surface area (Å²) in [4.78, 5) is 25.2. The second kappa shape index (κ2) is 7.43. The summed E-state index contributed by atoms with van der Waals surface area (Å²) in [6, 6.07) is 3.79. The zero-order valence-corrected chi connectivity index (χ0v) is 14.4. The maximum Gasteiger partial charge on any atom is 0.409 e. The molecule has 0 aliphatic carbocycles. The van der Waals surface area contributed by atoms with Crippen molar-refractivity contribution < 1.29 is 22.8 Å². The average Bonchev–Trinajstić information content (AvgIpc) is 2.67. The monoisotopic (exact) mass is 357 g/mol. The third-order valence-corrected chi connectivity index (χ3v) is 4.35. The summed E-state index contributed by atoms with van der Waals surface area (Å²) in [6.07, 6.45) is -5.54. The predicted molar refractivity (Wildman–Crippen MR) is 89.3 cm³/mol. The molecule has 1 aliphatic rings. The third kappa shape index (κ3) is 4.50. The van der Waals surface area contributed by atoms with E-state index in [-0.39, 0.29) is 29.9 Å². The lowest BCUT2D eigenvalue weighted by molar-refractivity contribution is -0.157. The van der Waals surface area contributed by atoms with E-state index >= 15 is 0 Å². The molecule has 0 saturated heterocycles. The number of carbonyl (C=O) groups excluding carboxylic acids is 2. The van der Waals surface area contributed by atoms with Crippen molar-refractivity contribution in [2.75, 3.05) is 16.8 Å². The molecule has 1 heterocycles. The van der Waals surface area contributed by atoms with E-state index in [0.29, 0.717) is 4.90 Å². The number of rotatable bonds is 4. The highest BCUT2D eigenvalue weighted by Gasteiger charge is 2.48. The first-order valence-electron chi connectivity index (χ1n) is 8.12. The van der Waals surface area contributed by atoms with Gasteiger partial charge in [0.05, 0.1) is 24.3 Å². The van der Waals surface area contributed by atoms with Crippen LogP contribution >= 0.6 is 0 Å². The lowest BCUT2D eigenvalue weighted by Crippen LogP contribution is -2.52. The Balaban J connectivity index is 2.37. The van der Waals surface area contributed by atoms with Gasteiger partial charge in [0.1, 0.15) is 6.04 Å². The first kappa shape index (κ1) is 19.2. The maximum atomic E-state index is 13.5. The molecule has 2 atom stereocenters. The van der Waals surface area contributed by atoms with Crippen LogP contribution in [0.2, 0.25) is 0 Å². The van der Waals surface area contributed by atoms with Crippen molar-refractivity contribution >= 4 is 23.2 Å². The van der Waals surface area contributed by atoms with Gasteiger partial charge in [0.25, 0.3) is 0 Å². The number of fused-ring (bicyclic) bond motifs is 1. The van der Waals surface area contributed by atoms with Gasteiger partial charge in [-0.3, -0.25) is 14.5 Å². The van der Waals surface area contributed by atoms with Crippen LogP contribution in [-0.4, -0.2) is 36.6 Å². The second-order valence-electron chi connectivity index (χ2n) is 6.50. The first-order chi connectivity index (χ1) is 11.6. The van der Waals surface area contributed by atoms with Gasteiger partial charge in [0.2, 0.25) is 11.8 Å². The van der Waals surface area contributed by atoms with E-state index in [9.17, 15) is 22.8 Å².